The second kappa shape index (κ2) is 5.56. The van der Waals surface area contributed by atoms with Gasteiger partial charge in [0.05, 0.1) is 0 Å². The Hall–Kier alpha value is -1.00. The number of halogens is 2. The van der Waals surface area contributed by atoms with Gasteiger partial charge in [-0.1, -0.05) is 13.3 Å². The number of carboxylic acids is 1. The number of hydrogen-bond donors (Lipinski definition) is 1. The Balaban J connectivity index is 2.94. The molecule has 0 radical (unpaired) electrons. The summed E-state index contributed by atoms with van der Waals surface area (Å²) in [4.78, 5) is 22.3. The summed E-state index contributed by atoms with van der Waals surface area (Å²) in [5.41, 5.74) is 0. The average Bonchev–Trinajstić information content (AvgIpc) is 2.23. The Labute approximate surface area is 99.2 Å². The van der Waals surface area contributed by atoms with Gasteiger partial charge in [0, 0.05) is 5.92 Å². The van der Waals surface area contributed by atoms with Crippen molar-refractivity contribution in [2.75, 3.05) is 0 Å². The molecule has 5 heteroatoms. The first-order chi connectivity index (χ1) is 7.90. The fourth-order valence-electron chi connectivity index (χ4n) is 2.66. The van der Waals surface area contributed by atoms with Crippen molar-refractivity contribution in [3.8, 4) is 0 Å². The number of carbonyl (C=O) groups is 2. The summed E-state index contributed by atoms with van der Waals surface area (Å²) >= 11 is 0. The molecule has 5 unspecified atom stereocenters. The van der Waals surface area contributed by atoms with Crippen LogP contribution in [-0.4, -0.2) is 29.2 Å². The van der Waals surface area contributed by atoms with Gasteiger partial charge in [0.15, 0.2) is 0 Å². The number of carboxylic acid groups (broad SMARTS) is 1. The van der Waals surface area contributed by atoms with Crippen molar-refractivity contribution in [1.82, 2.24) is 0 Å². The molecule has 0 aromatic heterocycles. The van der Waals surface area contributed by atoms with Gasteiger partial charge in [-0.2, -0.15) is 0 Å². The van der Waals surface area contributed by atoms with Gasteiger partial charge in [-0.3, -0.25) is 9.59 Å². The number of carbonyl (C=O) groups excluding carboxylic acids is 1. The van der Waals surface area contributed by atoms with Crippen LogP contribution >= 0.6 is 0 Å². The summed E-state index contributed by atoms with van der Waals surface area (Å²) in [5.74, 6) is -4.76. The van der Waals surface area contributed by atoms with Crippen LogP contribution in [0.25, 0.3) is 0 Å². The molecule has 0 heterocycles. The molecule has 0 aliphatic heterocycles. The lowest BCUT2D eigenvalue weighted by Crippen LogP contribution is -2.48. The maximum atomic E-state index is 13.8. The molecule has 0 spiro atoms. The van der Waals surface area contributed by atoms with Crippen LogP contribution in [0.15, 0.2) is 0 Å². The molecule has 0 aromatic carbocycles. The van der Waals surface area contributed by atoms with Gasteiger partial charge < -0.3 is 5.11 Å². The minimum absolute atomic E-state index is 0.141. The molecule has 0 bridgehead atoms. The monoisotopic (exact) mass is 248 g/mol. The second-order valence-corrected chi connectivity index (χ2v) is 4.75. The number of rotatable bonds is 4. The molecule has 1 aliphatic rings. The van der Waals surface area contributed by atoms with E-state index < -0.39 is 36.1 Å². The Kier molecular flexibility index (Phi) is 4.60. The maximum Gasteiger partial charge on any atom is 0.310 e. The van der Waals surface area contributed by atoms with Crippen molar-refractivity contribution in [2.24, 2.45) is 17.8 Å². The molecule has 0 amide bonds. The van der Waals surface area contributed by atoms with E-state index in [0.717, 1.165) is 0 Å². The Bertz CT molecular complexity index is 306. The van der Waals surface area contributed by atoms with E-state index >= 15 is 0 Å². The molecule has 17 heavy (non-hydrogen) atoms. The summed E-state index contributed by atoms with van der Waals surface area (Å²) < 4.78 is 27.5. The molecular formula is C12H18F2O3. The SMILES string of the molecule is CCCC1CC(C(C)=O)C(C(=O)O)C(F)C1F. The van der Waals surface area contributed by atoms with Gasteiger partial charge in [-0.15, -0.1) is 0 Å². The van der Waals surface area contributed by atoms with Gasteiger partial charge >= 0.3 is 5.97 Å². The Morgan fingerprint density at radius 2 is 1.88 bits per heavy atom. The minimum atomic E-state index is -2.08. The van der Waals surface area contributed by atoms with Crippen molar-refractivity contribution in [3.63, 3.8) is 0 Å². The van der Waals surface area contributed by atoms with E-state index in [-0.39, 0.29) is 12.2 Å². The van der Waals surface area contributed by atoms with Gasteiger partial charge in [0.25, 0.3) is 0 Å². The van der Waals surface area contributed by atoms with E-state index in [4.69, 9.17) is 5.11 Å². The molecule has 5 atom stereocenters. The second-order valence-electron chi connectivity index (χ2n) is 4.75. The largest absolute Gasteiger partial charge is 0.481 e. The fourth-order valence-corrected chi connectivity index (χ4v) is 2.66. The minimum Gasteiger partial charge on any atom is -0.481 e. The zero-order valence-electron chi connectivity index (χ0n) is 10.0. The molecule has 0 saturated heterocycles. The Morgan fingerprint density at radius 1 is 1.29 bits per heavy atom. The van der Waals surface area contributed by atoms with Crippen LogP contribution in [-0.2, 0) is 9.59 Å². The van der Waals surface area contributed by atoms with Crippen molar-refractivity contribution in [1.29, 1.82) is 0 Å². The van der Waals surface area contributed by atoms with Crippen LogP contribution in [0.4, 0.5) is 8.78 Å². The van der Waals surface area contributed by atoms with Crippen LogP contribution in [0.1, 0.15) is 33.1 Å². The van der Waals surface area contributed by atoms with Gasteiger partial charge in [0.2, 0.25) is 0 Å². The maximum absolute atomic E-state index is 13.8. The van der Waals surface area contributed by atoms with Crippen molar-refractivity contribution in [2.45, 2.75) is 45.5 Å². The highest BCUT2D eigenvalue weighted by Crippen LogP contribution is 2.40. The van der Waals surface area contributed by atoms with Gasteiger partial charge in [0.1, 0.15) is 24.0 Å². The molecule has 0 aromatic rings. The summed E-state index contributed by atoms with van der Waals surface area (Å²) in [7, 11) is 0. The highest BCUT2D eigenvalue weighted by Gasteiger charge is 2.50. The van der Waals surface area contributed by atoms with E-state index in [1.54, 1.807) is 0 Å². The number of aliphatic carboxylic acids is 1. The molecule has 1 saturated carbocycles. The summed E-state index contributed by atoms with van der Waals surface area (Å²) in [6.07, 6.45) is -2.53. The van der Waals surface area contributed by atoms with Crippen LogP contribution < -0.4 is 0 Å². The lowest BCUT2D eigenvalue weighted by molar-refractivity contribution is -0.156. The zero-order chi connectivity index (χ0) is 13.2. The molecular weight excluding hydrogens is 230 g/mol. The summed E-state index contributed by atoms with van der Waals surface area (Å²) in [5, 5.41) is 8.90. The predicted octanol–water partition coefficient (Wildman–Crippen LogP) is 2.39. The third-order valence-corrected chi connectivity index (χ3v) is 3.55. The normalized spacial score (nSPS) is 37.8. The highest BCUT2D eigenvalue weighted by atomic mass is 19.2. The Morgan fingerprint density at radius 3 is 2.29 bits per heavy atom. The first-order valence-corrected chi connectivity index (χ1v) is 5.91. The van der Waals surface area contributed by atoms with Crippen LogP contribution in [0.5, 0.6) is 0 Å². The zero-order valence-corrected chi connectivity index (χ0v) is 10.0. The highest BCUT2D eigenvalue weighted by molar-refractivity contribution is 5.85. The van der Waals surface area contributed by atoms with E-state index in [2.05, 4.69) is 0 Å². The third kappa shape index (κ3) is 2.82. The third-order valence-electron chi connectivity index (χ3n) is 3.55. The van der Waals surface area contributed by atoms with E-state index in [9.17, 15) is 18.4 Å². The van der Waals surface area contributed by atoms with Crippen molar-refractivity contribution in [3.05, 3.63) is 0 Å². The average molecular weight is 248 g/mol. The van der Waals surface area contributed by atoms with E-state index in [0.29, 0.717) is 12.8 Å². The topological polar surface area (TPSA) is 54.4 Å². The van der Waals surface area contributed by atoms with E-state index in [1.807, 2.05) is 6.92 Å². The molecule has 1 N–H and O–H groups in total. The lowest BCUT2D eigenvalue weighted by atomic mass is 9.69. The van der Waals surface area contributed by atoms with Gasteiger partial charge in [-0.25, -0.2) is 8.78 Å². The van der Waals surface area contributed by atoms with Crippen LogP contribution in [0.3, 0.4) is 0 Å². The molecule has 1 fully saturated rings. The standard InChI is InChI=1S/C12H18F2O3/c1-3-4-7-5-8(6(2)15)9(12(16)17)11(14)10(7)13/h7-11H,3-5H2,1-2H3,(H,16,17). The summed E-state index contributed by atoms with van der Waals surface area (Å²) in [6.45, 7) is 3.10. The quantitative estimate of drug-likeness (QED) is 0.831. The molecule has 1 aliphatic carbocycles. The lowest BCUT2D eigenvalue weighted by Gasteiger charge is -2.37. The number of ketones is 1. The van der Waals surface area contributed by atoms with E-state index in [1.165, 1.54) is 6.92 Å². The molecule has 1 rings (SSSR count). The first kappa shape index (κ1) is 14.1. The first-order valence-electron chi connectivity index (χ1n) is 5.91. The number of hydrogen-bond acceptors (Lipinski definition) is 2. The summed E-state index contributed by atoms with van der Waals surface area (Å²) in [6, 6.07) is 0. The van der Waals surface area contributed by atoms with Crippen LogP contribution in [0.2, 0.25) is 0 Å². The van der Waals surface area contributed by atoms with Crippen molar-refractivity contribution >= 4 is 11.8 Å². The smallest absolute Gasteiger partial charge is 0.310 e. The fraction of sp³-hybridized carbons (Fsp3) is 0.833. The van der Waals surface area contributed by atoms with Crippen molar-refractivity contribution < 1.29 is 23.5 Å². The number of alkyl halides is 2. The molecule has 98 valence electrons. The molecule has 3 nitrogen and oxygen atoms in total. The number of Topliss-reactive ketones (excluding diaryl/α,β-unsaturated/α-hetero) is 1. The predicted molar refractivity (Wildman–Crippen MR) is 58.1 cm³/mol. The van der Waals surface area contributed by atoms with Gasteiger partial charge in [-0.05, 0) is 25.7 Å². The van der Waals surface area contributed by atoms with Crippen LogP contribution in [0, 0.1) is 17.8 Å².